The molecule has 0 radical (unpaired) electrons. The van der Waals surface area contributed by atoms with Gasteiger partial charge in [0.25, 0.3) is 5.91 Å². The zero-order valence-electron chi connectivity index (χ0n) is 18.1. The van der Waals surface area contributed by atoms with Crippen molar-refractivity contribution in [1.29, 1.82) is 0 Å². The fraction of sp³-hybridized carbons (Fsp3) is 0.273. The Morgan fingerprint density at radius 2 is 1.91 bits per heavy atom. The maximum atomic E-state index is 14.2. The number of likely N-dealkylation sites (N-methyl/N-ethyl adjacent to an activating group) is 1. The number of rotatable bonds is 7. The van der Waals surface area contributed by atoms with Crippen molar-refractivity contribution in [2.24, 2.45) is 0 Å². The number of hydrogen-bond donors (Lipinski definition) is 2. The molecule has 1 atom stereocenters. The molecule has 1 saturated heterocycles. The topological polar surface area (TPSA) is 108 Å². The first kappa shape index (κ1) is 23.6. The smallest absolute Gasteiger partial charge is 0.325 e. The van der Waals surface area contributed by atoms with Gasteiger partial charge in [0.1, 0.15) is 29.5 Å². The molecule has 0 aromatic heterocycles. The number of imide groups is 1. The second kappa shape index (κ2) is 9.23. The van der Waals surface area contributed by atoms with Gasteiger partial charge in [-0.1, -0.05) is 6.07 Å². The molecule has 33 heavy (non-hydrogen) atoms. The normalized spacial score (nSPS) is 17.5. The number of methoxy groups -OCH3 is 1. The number of ether oxygens (including phenoxy) is 1. The SMILES string of the molecule is COc1cccc(NC(=O)CN(C)C(=O)CN2C(=O)NC(C)(c3cc(F)ccc3F)C2=O)c1. The molecule has 0 bridgehead atoms. The molecule has 174 valence electrons. The molecule has 0 saturated carbocycles. The van der Waals surface area contributed by atoms with Crippen molar-refractivity contribution in [3.8, 4) is 5.75 Å². The molecule has 0 aliphatic carbocycles. The molecule has 11 heteroatoms. The first-order valence-electron chi connectivity index (χ1n) is 9.82. The molecule has 1 aliphatic rings. The summed E-state index contributed by atoms with van der Waals surface area (Å²) in [5.41, 5.74) is -1.78. The minimum Gasteiger partial charge on any atom is -0.497 e. The first-order valence-corrected chi connectivity index (χ1v) is 9.82. The predicted molar refractivity (Wildman–Crippen MR) is 113 cm³/mol. The molecule has 2 aromatic carbocycles. The molecule has 1 fully saturated rings. The second-order valence-electron chi connectivity index (χ2n) is 7.60. The highest BCUT2D eigenvalue weighted by Gasteiger charge is 2.51. The van der Waals surface area contributed by atoms with Gasteiger partial charge in [0, 0.05) is 24.4 Å². The van der Waals surface area contributed by atoms with Crippen LogP contribution in [0, 0.1) is 11.6 Å². The van der Waals surface area contributed by atoms with Gasteiger partial charge in [0.15, 0.2) is 0 Å². The Hall–Kier alpha value is -4.02. The van der Waals surface area contributed by atoms with Gasteiger partial charge in [-0.15, -0.1) is 0 Å². The van der Waals surface area contributed by atoms with Crippen molar-refractivity contribution >= 4 is 29.4 Å². The number of carbonyl (C=O) groups is 4. The Bertz CT molecular complexity index is 1130. The van der Waals surface area contributed by atoms with Crippen LogP contribution in [0.3, 0.4) is 0 Å². The van der Waals surface area contributed by atoms with Gasteiger partial charge in [-0.05, 0) is 37.3 Å². The largest absolute Gasteiger partial charge is 0.497 e. The number of hydrogen-bond acceptors (Lipinski definition) is 5. The number of nitrogens with zero attached hydrogens (tertiary/aromatic N) is 2. The zero-order chi connectivity index (χ0) is 24.3. The van der Waals surface area contributed by atoms with Gasteiger partial charge in [-0.25, -0.2) is 13.6 Å². The maximum absolute atomic E-state index is 14.2. The lowest BCUT2D eigenvalue weighted by Crippen LogP contribution is -2.45. The van der Waals surface area contributed by atoms with Crippen molar-refractivity contribution in [3.63, 3.8) is 0 Å². The van der Waals surface area contributed by atoms with Crippen LogP contribution in [0.15, 0.2) is 42.5 Å². The molecular formula is C22H22F2N4O5. The molecule has 1 aliphatic heterocycles. The standard InChI is InChI=1S/C22H22F2N4O5/c1-22(16-9-13(23)7-8-17(16)24)20(31)28(21(32)26-22)12-19(30)27(2)11-18(29)25-14-5-4-6-15(10-14)33-3/h4-10H,11-12H2,1-3H3,(H,25,29)(H,26,32). The van der Waals surface area contributed by atoms with Crippen molar-refractivity contribution in [2.75, 3.05) is 32.6 Å². The number of carbonyl (C=O) groups excluding carboxylic acids is 4. The molecule has 2 N–H and O–H groups in total. The van der Waals surface area contributed by atoms with Crippen LogP contribution in [0.4, 0.5) is 19.3 Å². The summed E-state index contributed by atoms with van der Waals surface area (Å²) in [6.45, 7) is 0.191. The van der Waals surface area contributed by atoms with Crippen molar-refractivity contribution < 1.29 is 32.7 Å². The zero-order valence-corrected chi connectivity index (χ0v) is 18.1. The average molecular weight is 460 g/mol. The van der Waals surface area contributed by atoms with E-state index in [1.165, 1.54) is 21.1 Å². The molecule has 1 heterocycles. The Morgan fingerprint density at radius 1 is 1.18 bits per heavy atom. The van der Waals surface area contributed by atoms with Crippen molar-refractivity contribution in [2.45, 2.75) is 12.5 Å². The molecule has 1 unspecified atom stereocenters. The van der Waals surface area contributed by atoms with Crippen LogP contribution in [0.25, 0.3) is 0 Å². The number of urea groups is 1. The van der Waals surface area contributed by atoms with Crippen molar-refractivity contribution in [3.05, 3.63) is 59.7 Å². The van der Waals surface area contributed by atoms with Crippen LogP contribution < -0.4 is 15.4 Å². The quantitative estimate of drug-likeness (QED) is 0.613. The van der Waals surface area contributed by atoms with E-state index >= 15 is 0 Å². The van der Waals surface area contributed by atoms with E-state index in [0.29, 0.717) is 16.3 Å². The third-order valence-corrected chi connectivity index (χ3v) is 5.20. The predicted octanol–water partition coefficient (Wildman–Crippen LogP) is 1.84. The van der Waals surface area contributed by atoms with E-state index in [0.717, 1.165) is 23.1 Å². The Kier molecular flexibility index (Phi) is 6.61. The molecule has 2 aromatic rings. The van der Waals surface area contributed by atoms with Gasteiger partial charge >= 0.3 is 6.03 Å². The second-order valence-corrected chi connectivity index (χ2v) is 7.60. The highest BCUT2D eigenvalue weighted by atomic mass is 19.1. The van der Waals surface area contributed by atoms with Crippen LogP contribution in [0.1, 0.15) is 12.5 Å². The first-order chi connectivity index (χ1) is 15.5. The fourth-order valence-corrected chi connectivity index (χ4v) is 3.36. The summed E-state index contributed by atoms with van der Waals surface area (Å²) in [6, 6.07) is 8.23. The molecule has 0 spiro atoms. The van der Waals surface area contributed by atoms with E-state index in [9.17, 15) is 28.0 Å². The summed E-state index contributed by atoms with van der Waals surface area (Å²) in [5.74, 6) is -3.27. The Labute approximate surface area is 188 Å². The van der Waals surface area contributed by atoms with E-state index in [4.69, 9.17) is 4.74 Å². The van der Waals surface area contributed by atoms with E-state index in [2.05, 4.69) is 10.6 Å². The molecule has 9 nitrogen and oxygen atoms in total. The average Bonchev–Trinajstić information content (AvgIpc) is 2.99. The number of nitrogens with one attached hydrogen (secondary N) is 2. The van der Waals surface area contributed by atoms with Gasteiger partial charge in [-0.3, -0.25) is 19.3 Å². The minimum absolute atomic E-state index is 0.352. The number of benzene rings is 2. The fourth-order valence-electron chi connectivity index (χ4n) is 3.36. The van der Waals surface area contributed by atoms with E-state index < -0.39 is 47.5 Å². The summed E-state index contributed by atoms with van der Waals surface area (Å²) >= 11 is 0. The highest BCUT2D eigenvalue weighted by molar-refractivity contribution is 6.09. The van der Waals surface area contributed by atoms with Gasteiger partial charge in [0.05, 0.1) is 13.7 Å². The van der Waals surface area contributed by atoms with Crippen LogP contribution in [0.2, 0.25) is 0 Å². The van der Waals surface area contributed by atoms with Crippen LogP contribution in [-0.2, 0) is 19.9 Å². The van der Waals surface area contributed by atoms with Crippen LogP contribution >= 0.6 is 0 Å². The third-order valence-electron chi connectivity index (χ3n) is 5.20. The number of anilines is 1. The van der Waals surface area contributed by atoms with E-state index in [1.54, 1.807) is 24.3 Å². The lowest BCUT2D eigenvalue weighted by molar-refractivity contribution is -0.139. The van der Waals surface area contributed by atoms with Crippen LogP contribution in [-0.4, -0.2) is 60.8 Å². The third kappa shape index (κ3) is 4.92. The maximum Gasteiger partial charge on any atom is 0.325 e. The molecular weight excluding hydrogens is 438 g/mol. The summed E-state index contributed by atoms with van der Waals surface area (Å²) in [5, 5.41) is 4.92. The highest BCUT2D eigenvalue weighted by Crippen LogP contribution is 2.31. The lowest BCUT2D eigenvalue weighted by atomic mass is 9.91. The van der Waals surface area contributed by atoms with Gasteiger partial charge < -0.3 is 20.3 Å². The lowest BCUT2D eigenvalue weighted by Gasteiger charge is -2.23. The summed E-state index contributed by atoms with van der Waals surface area (Å²) in [4.78, 5) is 51.7. The Morgan fingerprint density at radius 3 is 2.61 bits per heavy atom. The summed E-state index contributed by atoms with van der Waals surface area (Å²) < 4.78 is 32.9. The van der Waals surface area contributed by atoms with Gasteiger partial charge in [-0.2, -0.15) is 0 Å². The Balaban J connectivity index is 1.65. The van der Waals surface area contributed by atoms with E-state index in [1.807, 2.05) is 0 Å². The molecule has 5 amide bonds. The minimum atomic E-state index is -1.88. The number of amides is 5. The number of halogens is 2. The van der Waals surface area contributed by atoms with Crippen LogP contribution in [0.5, 0.6) is 5.75 Å². The van der Waals surface area contributed by atoms with E-state index in [-0.39, 0.29) is 12.1 Å². The van der Waals surface area contributed by atoms with Gasteiger partial charge in [0.2, 0.25) is 11.8 Å². The molecule has 3 rings (SSSR count). The monoisotopic (exact) mass is 460 g/mol. The summed E-state index contributed by atoms with van der Waals surface area (Å²) in [7, 11) is 2.81. The summed E-state index contributed by atoms with van der Waals surface area (Å²) in [6.07, 6.45) is 0. The van der Waals surface area contributed by atoms with Crippen molar-refractivity contribution in [1.82, 2.24) is 15.1 Å².